The van der Waals surface area contributed by atoms with E-state index in [1.165, 1.54) is 35.0 Å². The number of hydrogen-bond donors (Lipinski definition) is 1. The van der Waals surface area contributed by atoms with Crippen molar-refractivity contribution in [3.05, 3.63) is 71.0 Å². The van der Waals surface area contributed by atoms with Crippen LogP contribution in [0.4, 0.5) is 18.9 Å². The van der Waals surface area contributed by atoms with Gasteiger partial charge in [-0.25, -0.2) is 14.6 Å². The molecule has 0 saturated carbocycles. The number of aromatic nitrogens is 5. The van der Waals surface area contributed by atoms with E-state index in [0.717, 1.165) is 23.9 Å². The van der Waals surface area contributed by atoms with Crippen molar-refractivity contribution >= 4 is 34.3 Å². The molecule has 0 aliphatic carbocycles. The van der Waals surface area contributed by atoms with Gasteiger partial charge in [0.15, 0.2) is 5.16 Å². The lowest BCUT2D eigenvalue weighted by atomic mass is 10.1. The lowest BCUT2D eigenvalue weighted by Gasteiger charge is -2.14. The monoisotopic (exact) mass is 460 g/mol. The number of hydrogen-bond acceptors (Lipinski definition) is 6. The fraction of sp³-hybridized carbons (Fsp3) is 0.150. The van der Waals surface area contributed by atoms with Crippen LogP contribution in [0.25, 0.3) is 16.6 Å². The summed E-state index contributed by atoms with van der Waals surface area (Å²) in [4.78, 5) is 33.2. The molecule has 0 aliphatic heterocycles. The van der Waals surface area contributed by atoms with Crippen LogP contribution in [-0.2, 0) is 18.0 Å². The maximum absolute atomic E-state index is 13.2. The van der Waals surface area contributed by atoms with Gasteiger partial charge in [-0.15, -0.1) is 0 Å². The predicted molar refractivity (Wildman–Crippen MR) is 113 cm³/mol. The van der Waals surface area contributed by atoms with E-state index in [1.807, 2.05) is 0 Å². The Hall–Kier alpha value is -3.67. The Morgan fingerprint density at radius 1 is 1.19 bits per heavy atom. The highest BCUT2D eigenvalue weighted by Crippen LogP contribution is 2.33. The molecule has 0 spiro atoms. The van der Waals surface area contributed by atoms with Gasteiger partial charge in [0.2, 0.25) is 5.91 Å². The number of halogens is 3. The first-order valence-electron chi connectivity index (χ1n) is 9.18. The Balaban J connectivity index is 1.58. The largest absolute Gasteiger partial charge is 0.416 e. The fourth-order valence-electron chi connectivity index (χ4n) is 2.99. The molecule has 1 amide bonds. The summed E-state index contributed by atoms with van der Waals surface area (Å²) >= 11 is 0.999. The average Bonchev–Trinajstić information content (AvgIpc) is 3.29. The molecule has 0 atom stereocenters. The van der Waals surface area contributed by atoms with Crippen molar-refractivity contribution < 1.29 is 18.0 Å². The first kappa shape index (κ1) is 21.6. The van der Waals surface area contributed by atoms with Gasteiger partial charge in [-0.3, -0.25) is 14.2 Å². The Labute approximate surface area is 183 Å². The van der Waals surface area contributed by atoms with Gasteiger partial charge in [-0.05, 0) is 30.3 Å². The molecule has 0 unspecified atom stereocenters. The molecule has 2 heterocycles. The molecule has 32 heavy (non-hydrogen) atoms. The van der Waals surface area contributed by atoms with E-state index in [4.69, 9.17) is 0 Å². The summed E-state index contributed by atoms with van der Waals surface area (Å²) in [6.07, 6.45) is -2.05. The van der Waals surface area contributed by atoms with E-state index in [1.54, 1.807) is 24.3 Å². The minimum absolute atomic E-state index is 0.0729. The third-order valence-corrected chi connectivity index (χ3v) is 5.57. The second-order valence-corrected chi connectivity index (χ2v) is 7.62. The summed E-state index contributed by atoms with van der Waals surface area (Å²) in [5, 5.41) is 7.16. The van der Waals surface area contributed by atoms with Crippen molar-refractivity contribution in [3.8, 4) is 5.69 Å². The smallest absolute Gasteiger partial charge is 0.323 e. The fourth-order valence-corrected chi connectivity index (χ4v) is 3.76. The van der Waals surface area contributed by atoms with Crippen LogP contribution in [-0.4, -0.2) is 36.0 Å². The highest BCUT2D eigenvalue weighted by Gasteiger charge is 2.31. The van der Waals surface area contributed by atoms with Gasteiger partial charge in [0, 0.05) is 7.05 Å². The summed E-state index contributed by atoms with van der Waals surface area (Å²) in [6.45, 7) is 0. The Kier molecular flexibility index (Phi) is 5.70. The van der Waals surface area contributed by atoms with E-state index in [9.17, 15) is 22.8 Å². The highest BCUT2D eigenvalue weighted by atomic mass is 32.2. The van der Waals surface area contributed by atoms with Crippen molar-refractivity contribution in [1.82, 2.24) is 24.3 Å². The standard InChI is InChI=1S/C20H15F3N6O2S/c1-28-18(31)13-4-2-3-5-14(13)27-19(28)32-9-17(30)26-15-8-12(20(21,22)23)6-7-16(15)29-11-24-10-25-29/h2-8,10-11H,9H2,1H3,(H,26,30). The molecule has 12 heteroatoms. The number of benzene rings is 2. The minimum atomic E-state index is -4.58. The summed E-state index contributed by atoms with van der Waals surface area (Å²) in [6, 6.07) is 9.76. The Morgan fingerprint density at radius 2 is 1.97 bits per heavy atom. The van der Waals surface area contributed by atoms with Crippen LogP contribution in [0.3, 0.4) is 0 Å². The van der Waals surface area contributed by atoms with Gasteiger partial charge in [0.25, 0.3) is 5.56 Å². The zero-order valence-corrected chi connectivity index (χ0v) is 17.3. The van der Waals surface area contributed by atoms with Crippen LogP contribution in [0.15, 0.2) is 65.1 Å². The van der Waals surface area contributed by atoms with Crippen LogP contribution in [0.2, 0.25) is 0 Å². The van der Waals surface area contributed by atoms with Crippen LogP contribution in [0.1, 0.15) is 5.56 Å². The number of rotatable bonds is 5. The van der Waals surface area contributed by atoms with Gasteiger partial charge in [-0.1, -0.05) is 23.9 Å². The molecule has 0 saturated heterocycles. The molecule has 1 N–H and O–H groups in total. The first-order chi connectivity index (χ1) is 15.2. The summed E-state index contributed by atoms with van der Waals surface area (Å²) < 4.78 is 42.1. The number of alkyl halides is 3. The molecule has 2 aromatic heterocycles. The molecular formula is C20H15F3N6O2S. The van der Waals surface area contributed by atoms with Crippen LogP contribution < -0.4 is 10.9 Å². The molecule has 2 aromatic carbocycles. The van der Waals surface area contributed by atoms with E-state index in [2.05, 4.69) is 20.4 Å². The number of carbonyl (C=O) groups is 1. The van der Waals surface area contributed by atoms with E-state index in [-0.39, 0.29) is 22.7 Å². The lowest BCUT2D eigenvalue weighted by Crippen LogP contribution is -2.21. The van der Waals surface area contributed by atoms with Crippen molar-refractivity contribution in [2.45, 2.75) is 11.3 Å². The average molecular weight is 460 g/mol. The quantitative estimate of drug-likeness (QED) is 0.363. The zero-order chi connectivity index (χ0) is 22.9. The minimum Gasteiger partial charge on any atom is -0.323 e. The second-order valence-electron chi connectivity index (χ2n) is 6.68. The van der Waals surface area contributed by atoms with Crippen molar-refractivity contribution in [2.24, 2.45) is 7.05 Å². The number of amides is 1. The van der Waals surface area contributed by atoms with Gasteiger partial charge in [-0.2, -0.15) is 18.3 Å². The molecule has 0 bridgehead atoms. The number of carbonyl (C=O) groups excluding carboxylic acids is 1. The number of fused-ring (bicyclic) bond motifs is 1. The number of anilines is 1. The Morgan fingerprint density at radius 3 is 2.69 bits per heavy atom. The topological polar surface area (TPSA) is 94.7 Å². The van der Waals surface area contributed by atoms with Gasteiger partial charge in [0.05, 0.1) is 33.6 Å². The molecule has 4 rings (SSSR count). The first-order valence-corrected chi connectivity index (χ1v) is 10.2. The van der Waals surface area contributed by atoms with Crippen molar-refractivity contribution in [1.29, 1.82) is 0 Å². The number of nitrogens with one attached hydrogen (secondary N) is 1. The molecular weight excluding hydrogens is 445 g/mol. The second kappa shape index (κ2) is 8.46. The third-order valence-electron chi connectivity index (χ3n) is 4.54. The molecule has 0 fully saturated rings. The molecule has 8 nitrogen and oxygen atoms in total. The summed E-state index contributed by atoms with van der Waals surface area (Å²) in [5.41, 5.74) is -0.529. The maximum atomic E-state index is 13.2. The molecule has 4 aromatic rings. The maximum Gasteiger partial charge on any atom is 0.416 e. The van der Waals surface area contributed by atoms with E-state index in [0.29, 0.717) is 16.1 Å². The SMILES string of the molecule is Cn1c(SCC(=O)Nc2cc(C(F)(F)F)ccc2-n2cncn2)nc2ccccc2c1=O. The molecule has 164 valence electrons. The zero-order valence-electron chi connectivity index (χ0n) is 16.5. The van der Waals surface area contributed by atoms with Crippen molar-refractivity contribution in [2.75, 3.05) is 11.1 Å². The van der Waals surface area contributed by atoms with Crippen molar-refractivity contribution in [3.63, 3.8) is 0 Å². The van der Waals surface area contributed by atoms with Crippen LogP contribution in [0.5, 0.6) is 0 Å². The number of thioether (sulfide) groups is 1. The van der Waals surface area contributed by atoms with Crippen LogP contribution >= 0.6 is 11.8 Å². The molecule has 0 radical (unpaired) electrons. The van der Waals surface area contributed by atoms with Crippen LogP contribution in [0, 0.1) is 0 Å². The van der Waals surface area contributed by atoms with Gasteiger partial charge >= 0.3 is 6.18 Å². The van der Waals surface area contributed by atoms with E-state index >= 15 is 0 Å². The molecule has 0 aliphatic rings. The van der Waals surface area contributed by atoms with Gasteiger partial charge in [0.1, 0.15) is 12.7 Å². The lowest BCUT2D eigenvalue weighted by molar-refractivity contribution is -0.137. The summed E-state index contributed by atoms with van der Waals surface area (Å²) in [7, 11) is 1.54. The number of nitrogens with zero attached hydrogens (tertiary/aromatic N) is 5. The summed E-state index contributed by atoms with van der Waals surface area (Å²) in [5.74, 6) is -0.746. The normalized spacial score (nSPS) is 11.6. The predicted octanol–water partition coefficient (Wildman–Crippen LogP) is 3.26. The van der Waals surface area contributed by atoms with E-state index < -0.39 is 17.6 Å². The highest BCUT2D eigenvalue weighted by molar-refractivity contribution is 7.99. The Bertz CT molecular complexity index is 1350. The van der Waals surface area contributed by atoms with Gasteiger partial charge < -0.3 is 5.32 Å². The number of para-hydroxylation sites is 1. The third kappa shape index (κ3) is 4.35.